The molecule has 1 unspecified atom stereocenters. The van der Waals surface area contributed by atoms with Crippen molar-refractivity contribution in [3.05, 3.63) is 29.8 Å². The fraction of sp³-hybridized carbons (Fsp3) is 0.438. The largest absolute Gasteiger partial charge is 0.475 e. The van der Waals surface area contributed by atoms with Crippen molar-refractivity contribution in [1.82, 2.24) is 15.2 Å². The average Bonchev–Trinajstić information content (AvgIpc) is 2.99. The average molecular weight is 315 g/mol. The van der Waals surface area contributed by atoms with Crippen LogP contribution in [0.2, 0.25) is 0 Å². The molecule has 2 aromatic rings. The zero-order valence-electron chi connectivity index (χ0n) is 12.5. The molecule has 5 rings (SSSR count). The highest BCUT2D eigenvalue weighted by atomic mass is 16.4. The summed E-state index contributed by atoms with van der Waals surface area (Å²) in [6.45, 7) is 2.06. The summed E-state index contributed by atoms with van der Waals surface area (Å²) < 4.78 is 5.23. The molecule has 120 valence electrons. The van der Waals surface area contributed by atoms with Crippen molar-refractivity contribution in [2.75, 3.05) is 13.1 Å². The molecule has 1 atom stereocenters. The summed E-state index contributed by atoms with van der Waals surface area (Å²) in [4.78, 5) is 29.8. The number of pyridine rings is 1. The molecule has 5 heterocycles. The number of carboxylic acid groups (broad SMARTS) is 1. The maximum Gasteiger partial charge on any atom is 0.371 e. The molecule has 1 amide bonds. The van der Waals surface area contributed by atoms with Crippen LogP contribution in [0.4, 0.5) is 0 Å². The Morgan fingerprint density at radius 2 is 2.09 bits per heavy atom. The minimum absolute atomic E-state index is 0.0682. The molecule has 3 aliphatic rings. The molecule has 2 N–H and O–H groups in total. The number of fused-ring (bicyclic) bond motifs is 4. The highest BCUT2D eigenvalue weighted by molar-refractivity contribution is 5.97. The quantitative estimate of drug-likeness (QED) is 0.895. The number of furan rings is 1. The Labute approximate surface area is 132 Å². The van der Waals surface area contributed by atoms with Gasteiger partial charge in [-0.15, -0.1) is 0 Å². The Hall–Kier alpha value is -2.41. The Balaban J connectivity index is 1.54. The van der Waals surface area contributed by atoms with E-state index in [0.717, 1.165) is 19.5 Å². The second-order valence-corrected chi connectivity index (χ2v) is 6.23. The summed E-state index contributed by atoms with van der Waals surface area (Å²) >= 11 is 0. The number of nitrogens with one attached hydrogen (secondary N) is 1. The van der Waals surface area contributed by atoms with E-state index >= 15 is 0 Å². The van der Waals surface area contributed by atoms with Gasteiger partial charge in [-0.3, -0.25) is 14.7 Å². The summed E-state index contributed by atoms with van der Waals surface area (Å²) in [6.07, 6.45) is 4.94. The Morgan fingerprint density at radius 3 is 2.74 bits per heavy atom. The maximum atomic E-state index is 12.4. The van der Waals surface area contributed by atoms with E-state index in [1.54, 1.807) is 0 Å². The first-order chi connectivity index (χ1) is 11.1. The number of hydrogen-bond donors (Lipinski definition) is 2. The topological polar surface area (TPSA) is 95.7 Å². The monoisotopic (exact) mass is 315 g/mol. The first-order valence-electron chi connectivity index (χ1n) is 7.78. The highest BCUT2D eigenvalue weighted by Crippen LogP contribution is 2.30. The predicted octanol–water partition coefficient (Wildman–Crippen LogP) is 1.70. The summed E-state index contributed by atoms with van der Waals surface area (Å²) in [7, 11) is 0. The first-order valence-corrected chi connectivity index (χ1v) is 7.78. The summed E-state index contributed by atoms with van der Waals surface area (Å²) in [5.74, 6) is -0.852. The van der Waals surface area contributed by atoms with E-state index in [2.05, 4.69) is 15.2 Å². The number of nitrogens with zero attached hydrogens (tertiary/aromatic N) is 2. The molecule has 0 saturated carbocycles. The van der Waals surface area contributed by atoms with Crippen molar-refractivity contribution in [1.29, 1.82) is 0 Å². The SMILES string of the molecule is O=C(NC1CC2CCN1CC2)c1cc2oc(C(=O)O)cc2cn1. The van der Waals surface area contributed by atoms with Gasteiger partial charge in [-0.05, 0) is 25.2 Å². The van der Waals surface area contributed by atoms with Crippen molar-refractivity contribution >= 4 is 22.8 Å². The van der Waals surface area contributed by atoms with Gasteiger partial charge in [0.15, 0.2) is 0 Å². The molecule has 3 saturated heterocycles. The van der Waals surface area contributed by atoms with E-state index in [0.29, 0.717) is 16.9 Å². The van der Waals surface area contributed by atoms with Crippen LogP contribution in [0.25, 0.3) is 11.0 Å². The standard InChI is InChI=1S/C16H17N3O4/c20-15(18-14-5-9-1-3-19(14)4-2-9)11-7-12-10(8-17-11)6-13(23-12)16(21)22/h6-9,14H,1-5H2,(H,18,20)(H,21,22). The number of rotatable bonds is 3. The smallest absolute Gasteiger partial charge is 0.371 e. The molecule has 23 heavy (non-hydrogen) atoms. The number of amides is 1. The van der Waals surface area contributed by atoms with Gasteiger partial charge in [0.05, 0.1) is 6.17 Å². The van der Waals surface area contributed by atoms with Gasteiger partial charge in [0.1, 0.15) is 11.3 Å². The third-order valence-electron chi connectivity index (χ3n) is 4.79. The molecule has 7 nitrogen and oxygen atoms in total. The Bertz CT molecular complexity index is 777. The number of aromatic carboxylic acids is 1. The highest BCUT2D eigenvalue weighted by Gasteiger charge is 2.34. The lowest BCUT2D eigenvalue weighted by molar-refractivity contribution is 0.0293. The fourth-order valence-electron chi connectivity index (χ4n) is 3.50. The van der Waals surface area contributed by atoms with Gasteiger partial charge in [-0.2, -0.15) is 0 Å². The van der Waals surface area contributed by atoms with Crippen molar-refractivity contribution in [3.8, 4) is 0 Å². The van der Waals surface area contributed by atoms with Gasteiger partial charge in [0, 0.05) is 36.8 Å². The van der Waals surface area contributed by atoms with E-state index in [1.165, 1.54) is 31.2 Å². The van der Waals surface area contributed by atoms with Crippen LogP contribution < -0.4 is 5.32 Å². The van der Waals surface area contributed by atoms with Gasteiger partial charge >= 0.3 is 5.97 Å². The minimum Gasteiger partial charge on any atom is -0.475 e. The third kappa shape index (κ3) is 2.57. The Kier molecular flexibility index (Phi) is 3.30. The normalized spacial score (nSPS) is 26.3. The van der Waals surface area contributed by atoms with Crippen LogP contribution in [-0.4, -0.2) is 46.1 Å². The van der Waals surface area contributed by atoms with Crippen molar-refractivity contribution < 1.29 is 19.1 Å². The number of carbonyl (C=O) groups excluding carboxylic acids is 1. The fourth-order valence-corrected chi connectivity index (χ4v) is 3.50. The second kappa shape index (κ2) is 5.34. The van der Waals surface area contributed by atoms with E-state index in [1.807, 2.05) is 0 Å². The minimum atomic E-state index is -1.14. The van der Waals surface area contributed by atoms with Gasteiger partial charge in [0.2, 0.25) is 5.76 Å². The molecular weight excluding hydrogens is 298 g/mol. The van der Waals surface area contributed by atoms with Crippen LogP contribution in [0.3, 0.4) is 0 Å². The van der Waals surface area contributed by atoms with Gasteiger partial charge < -0.3 is 14.8 Å². The lowest BCUT2D eigenvalue weighted by Gasteiger charge is -2.45. The second-order valence-electron chi connectivity index (χ2n) is 6.23. The Morgan fingerprint density at radius 1 is 1.30 bits per heavy atom. The number of piperidine rings is 3. The van der Waals surface area contributed by atoms with Crippen molar-refractivity contribution in [3.63, 3.8) is 0 Å². The van der Waals surface area contributed by atoms with E-state index in [9.17, 15) is 9.59 Å². The van der Waals surface area contributed by atoms with Crippen LogP contribution in [0.15, 0.2) is 22.7 Å². The van der Waals surface area contributed by atoms with Crippen LogP contribution in [0.1, 0.15) is 40.3 Å². The number of carbonyl (C=O) groups is 2. The summed E-state index contributed by atoms with van der Waals surface area (Å²) in [6, 6.07) is 2.89. The zero-order valence-corrected chi connectivity index (χ0v) is 12.5. The first kappa shape index (κ1) is 14.2. The summed E-state index contributed by atoms with van der Waals surface area (Å²) in [5.41, 5.74) is 0.597. The molecule has 0 aliphatic carbocycles. The molecule has 7 heteroatoms. The molecule has 2 aromatic heterocycles. The number of hydrogen-bond acceptors (Lipinski definition) is 5. The number of aromatic nitrogens is 1. The number of carboxylic acids is 1. The summed E-state index contributed by atoms with van der Waals surface area (Å²) in [5, 5.41) is 12.5. The van der Waals surface area contributed by atoms with E-state index in [-0.39, 0.29) is 23.5 Å². The molecule has 0 radical (unpaired) electrons. The molecule has 0 spiro atoms. The van der Waals surface area contributed by atoms with Crippen LogP contribution >= 0.6 is 0 Å². The van der Waals surface area contributed by atoms with Gasteiger partial charge in [-0.1, -0.05) is 0 Å². The maximum absolute atomic E-state index is 12.4. The molecular formula is C16H17N3O4. The predicted molar refractivity (Wildman–Crippen MR) is 81.1 cm³/mol. The zero-order chi connectivity index (χ0) is 16.0. The van der Waals surface area contributed by atoms with Gasteiger partial charge in [0.25, 0.3) is 5.91 Å². The van der Waals surface area contributed by atoms with Gasteiger partial charge in [-0.25, -0.2) is 4.79 Å². The molecule has 3 fully saturated rings. The van der Waals surface area contributed by atoms with Crippen LogP contribution in [0, 0.1) is 5.92 Å². The lowest BCUT2D eigenvalue weighted by atomic mass is 9.86. The van der Waals surface area contributed by atoms with E-state index in [4.69, 9.17) is 9.52 Å². The van der Waals surface area contributed by atoms with Crippen LogP contribution in [0.5, 0.6) is 0 Å². The molecule has 3 aliphatic heterocycles. The van der Waals surface area contributed by atoms with Crippen LogP contribution in [-0.2, 0) is 0 Å². The third-order valence-corrected chi connectivity index (χ3v) is 4.79. The molecule has 2 bridgehead atoms. The van der Waals surface area contributed by atoms with Crippen molar-refractivity contribution in [2.45, 2.75) is 25.4 Å². The molecule has 0 aromatic carbocycles. The van der Waals surface area contributed by atoms with E-state index < -0.39 is 5.97 Å². The van der Waals surface area contributed by atoms with Crippen molar-refractivity contribution in [2.24, 2.45) is 5.92 Å². The lowest BCUT2D eigenvalue weighted by Crippen LogP contribution is -2.56.